The van der Waals surface area contributed by atoms with Crippen LogP contribution in [0.1, 0.15) is 20.3 Å². The van der Waals surface area contributed by atoms with Crippen LogP contribution in [0, 0.1) is 17.6 Å². The number of carbonyl (C=O) groups excluding carboxylic acids is 1. The van der Waals surface area contributed by atoms with Crippen molar-refractivity contribution in [3.8, 4) is 0 Å². The van der Waals surface area contributed by atoms with E-state index < -0.39 is 23.6 Å². The van der Waals surface area contributed by atoms with E-state index in [2.05, 4.69) is 5.32 Å². The van der Waals surface area contributed by atoms with Gasteiger partial charge in [-0.3, -0.25) is 4.79 Å². The van der Waals surface area contributed by atoms with E-state index in [1.165, 1.54) is 17.8 Å². The number of carboxylic acid groups (broad SMARTS) is 1. The molecule has 1 atom stereocenters. The number of amides is 1. The third-order valence-electron chi connectivity index (χ3n) is 2.74. The van der Waals surface area contributed by atoms with Gasteiger partial charge in [-0.05, 0) is 24.1 Å². The molecule has 21 heavy (non-hydrogen) atoms. The molecule has 0 aromatic heterocycles. The summed E-state index contributed by atoms with van der Waals surface area (Å²) in [7, 11) is 0. The summed E-state index contributed by atoms with van der Waals surface area (Å²) in [6, 6.07) is 2.59. The number of carboxylic acids is 1. The zero-order valence-corrected chi connectivity index (χ0v) is 12.5. The molecule has 0 fully saturated rings. The number of aliphatic carboxylic acids is 1. The number of thioether (sulfide) groups is 1. The molecule has 116 valence electrons. The topological polar surface area (TPSA) is 66.4 Å². The van der Waals surface area contributed by atoms with Crippen LogP contribution >= 0.6 is 11.8 Å². The maximum atomic E-state index is 13.0. The molecule has 1 amide bonds. The molecule has 4 nitrogen and oxygen atoms in total. The molecule has 7 heteroatoms. The minimum Gasteiger partial charge on any atom is -0.480 e. The molecule has 0 heterocycles. The fraction of sp³-hybridized carbons (Fsp3) is 0.429. The molecular formula is C14H17F2NO3S. The van der Waals surface area contributed by atoms with Gasteiger partial charge in [-0.1, -0.05) is 13.8 Å². The highest BCUT2D eigenvalue weighted by Gasteiger charge is 2.22. The first-order valence-electron chi connectivity index (χ1n) is 6.41. The Morgan fingerprint density at radius 3 is 2.48 bits per heavy atom. The quantitative estimate of drug-likeness (QED) is 0.759. The van der Waals surface area contributed by atoms with Crippen LogP contribution in [0.3, 0.4) is 0 Å². The highest BCUT2D eigenvalue weighted by atomic mass is 32.2. The lowest BCUT2D eigenvalue weighted by Crippen LogP contribution is -2.44. The Bertz CT molecular complexity index is 523. The third kappa shape index (κ3) is 5.71. The molecule has 0 saturated heterocycles. The zero-order valence-electron chi connectivity index (χ0n) is 11.7. The smallest absolute Gasteiger partial charge is 0.326 e. The summed E-state index contributed by atoms with van der Waals surface area (Å²) in [6.07, 6.45) is 0.0974. The van der Waals surface area contributed by atoms with Gasteiger partial charge in [0.05, 0.1) is 0 Å². The maximum absolute atomic E-state index is 13.0. The maximum Gasteiger partial charge on any atom is 0.326 e. The van der Waals surface area contributed by atoms with Crippen LogP contribution in [0.4, 0.5) is 8.78 Å². The van der Waals surface area contributed by atoms with Gasteiger partial charge in [-0.25, -0.2) is 13.6 Å². The van der Waals surface area contributed by atoms with Gasteiger partial charge < -0.3 is 10.4 Å². The number of rotatable bonds is 7. The number of benzene rings is 1. The number of hydrogen-bond donors (Lipinski definition) is 2. The minimum atomic E-state index is -1.08. The highest BCUT2D eigenvalue weighted by Crippen LogP contribution is 2.21. The van der Waals surface area contributed by atoms with E-state index in [1.807, 2.05) is 0 Å². The van der Waals surface area contributed by atoms with Gasteiger partial charge in [0.1, 0.15) is 6.04 Å². The number of halogens is 2. The van der Waals surface area contributed by atoms with Crippen LogP contribution in [0.5, 0.6) is 0 Å². The van der Waals surface area contributed by atoms with Crippen molar-refractivity contribution in [2.45, 2.75) is 31.2 Å². The molecule has 0 aliphatic rings. The predicted molar refractivity (Wildman–Crippen MR) is 76.1 cm³/mol. The summed E-state index contributed by atoms with van der Waals surface area (Å²) in [5.74, 6) is -3.18. The Balaban J connectivity index is 2.42. The largest absolute Gasteiger partial charge is 0.480 e. The molecule has 0 unspecified atom stereocenters. The second kappa shape index (κ2) is 7.97. The summed E-state index contributed by atoms with van der Waals surface area (Å²) in [6.45, 7) is 3.41. The van der Waals surface area contributed by atoms with Gasteiger partial charge in [0.2, 0.25) is 5.91 Å². The molecule has 0 radical (unpaired) electrons. The molecule has 1 aromatic rings. The SMILES string of the molecule is CC(C)[C@H](NC(=O)CCSc1ccc(F)c(F)c1)C(=O)O. The molecule has 0 saturated carbocycles. The fourth-order valence-electron chi connectivity index (χ4n) is 1.59. The first-order chi connectivity index (χ1) is 9.81. The number of carbonyl (C=O) groups is 2. The lowest BCUT2D eigenvalue weighted by atomic mass is 10.0. The van der Waals surface area contributed by atoms with Crippen molar-refractivity contribution >= 4 is 23.6 Å². The van der Waals surface area contributed by atoms with Crippen molar-refractivity contribution < 1.29 is 23.5 Å². The van der Waals surface area contributed by atoms with E-state index in [-0.39, 0.29) is 18.2 Å². The lowest BCUT2D eigenvalue weighted by Gasteiger charge is -2.17. The first-order valence-corrected chi connectivity index (χ1v) is 7.40. The standard InChI is InChI=1S/C14H17F2NO3S/c1-8(2)13(14(19)20)17-12(18)5-6-21-9-3-4-10(15)11(16)7-9/h3-4,7-8,13H,5-6H2,1-2H3,(H,17,18)(H,19,20)/t13-/m0/s1. The molecule has 1 aromatic carbocycles. The highest BCUT2D eigenvalue weighted by molar-refractivity contribution is 7.99. The summed E-state index contributed by atoms with van der Waals surface area (Å²) < 4.78 is 25.7. The van der Waals surface area contributed by atoms with E-state index in [1.54, 1.807) is 13.8 Å². The van der Waals surface area contributed by atoms with Gasteiger partial charge in [0, 0.05) is 17.1 Å². The van der Waals surface area contributed by atoms with Crippen molar-refractivity contribution in [1.82, 2.24) is 5.32 Å². The molecular weight excluding hydrogens is 300 g/mol. The second-order valence-electron chi connectivity index (χ2n) is 4.80. The molecule has 0 spiro atoms. The Labute approximate surface area is 125 Å². The summed E-state index contributed by atoms with van der Waals surface area (Å²) >= 11 is 1.20. The summed E-state index contributed by atoms with van der Waals surface area (Å²) in [5, 5.41) is 11.4. The van der Waals surface area contributed by atoms with Crippen molar-refractivity contribution in [3.05, 3.63) is 29.8 Å². The van der Waals surface area contributed by atoms with Crippen LogP contribution < -0.4 is 5.32 Å². The van der Waals surface area contributed by atoms with Gasteiger partial charge >= 0.3 is 5.97 Å². The Hall–Kier alpha value is -1.63. The number of nitrogens with one attached hydrogen (secondary N) is 1. The van der Waals surface area contributed by atoms with Gasteiger partial charge in [-0.15, -0.1) is 11.8 Å². The third-order valence-corrected chi connectivity index (χ3v) is 3.73. The molecule has 0 bridgehead atoms. The first kappa shape index (κ1) is 17.4. The Morgan fingerprint density at radius 1 is 1.29 bits per heavy atom. The van der Waals surface area contributed by atoms with Crippen LogP contribution in [-0.4, -0.2) is 28.8 Å². The molecule has 0 aliphatic heterocycles. The van der Waals surface area contributed by atoms with Crippen LogP contribution in [0.2, 0.25) is 0 Å². The van der Waals surface area contributed by atoms with Gasteiger partial charge in [0.25, 0.3) is 0 Å². The van der Waals surface area contributed by atoms with Crippen molar-refractivity contribution in [3.63, 3.8) is 0 Å². The minimum absolute atomic E-state index is 0.0974. The van der Waals surface area contributed by atoms with E-state index in [9.17, 15) is 18.4 Å². The van der Waals surface area contributed by atoms with Crippen LogP contribution in [0.25, 0.3) is 0 Å². The molecule has 2 N–H and O–H groups in total. The second-order valence-corrected chi connectivity index (χ2v) is 5.97. The van der Waals surface area contributed by atoms with Gasteiger partial charge in [0.15, 0.2) is 11.6 Å². The monoisotopic (exact) mass is 317 g/mol. The Kier molecular flexibility index (Phi) is 6.61. The van der Waals surface area contributed by atoms with Crippen molar-refractivity contribution in [2.24, 2.45) is 5.92 Å². The average Bonchev–Trinajstić information content (AvgIpc) is 2.39. The van der Waals surface area contributed by atoms with Crippen LogP contribution in [0.15, 0.2) is 23.1 Å². The predicted octanol–water partition coefficient (Wildman–Crippen LogP) is 2.67. The summed E-state index contributed by atoms with van der Waals surface area (Å²) in [5.41, 5.74) is 0. The van der Waals surface area contributed by atoms with E-state index >= 15 is 0 Å². The number of hydrogen-bond acceptors (Lipinski definition) is 3. The van der Waals surface area contributed by atoms with E-state index in [4.69, 9.17) is 5.11 Å². The molecule has 1 rings (SSSR count). The lowest BCUT2D eigenvalue weighted by molar-refractivity contribution is -0.143. The normalized spacial score (nSPS) is 12.2. The van der Waals surface area contributed by atoms with Crippen molar-refractivity contribution in [2.75, 3.05) is 5.75 Å². The van der Waals surface area contributed by atoms with Crippen molar-refractivity contribution in [1.29, 1.82) is 0 Å². The van der Waals surface area contributed by atoms with E-state index in [0.29, 0.717) is 10.6 Å². The summed E-state index contributed by atoms with van der Waals surface area (Å²) in [4.78, 5) is 23.1. The van der Waals surface area contributed by atoms with Crippen LogP contribution in [-0.2, 0) is 9.59 Å². The Morgan fingerprint density at radius 2 is 1.95 bits per heavy atom. The fourth-order valence-corrected chi connectivity index (χ4v) is 2.46. The molecule has 0 aliphatic carbocycles. The van der Waals surface area contributed by atoms with Gasteiger partial charge in [-0.2, -0.15) is 0 Å². The van der Waals surface area contributed by atoms with E-state index in [0.717, 1.165) is 12.1 Å². The zero-order chi connectivity index (χ0) is 16.0. The average molecular weight is 317 g/mol.